The summed E-state index contributed by atoms with van der Waals surface area (Å²) in [5, 5.41) is 9.16. The predicted octanol–water partition coefficient (Wildman–Crippen LogP) is 2.78. The Morgan fingerprint density at radius 1 is 1.12 bits per heavy atom. The van der Waals surface area contributed by atoms with Crippen molar-refractivity contribution in [2.24, 2.45) is 0 Å². The standard InChI is InChI=1S/C11H13BrO4/c1-5-7(11(13)14)10(16-4)9(15-3)6(2)8(5)12/h1-4H3,(H,13,14). The Kier molecular flexibility index (Phi) is 3.80. The van der Waals surface area contributed by atoms with Gasteiger partial charge >= 0.3 is 5.97 Å². The first-order chi connectivity index (χ1) is 7.45. The van der Waals surface area contributed by atoms with E-state index >= 15 is 0 Å². The number of carboxylic acid groups (broad SMARTS) is 1. The molecule has 0 aliphatic carbocycles. The van der Waals surface area contributed by atoms with Gasteiger partial charge in [-0.15, -0.1) is 0 Å². The van der Waals surface area contributed by atoms with Gasteiger partial charge in [-0.3, -0.25) is 0 Å². The molecule has 0 heterocycles. The van der Waals surface area contributed by atoms with Crippen LogP contribution in [0.4, 0.5) is 0 Å². The van der Waals surface area contributed by atoms with Crippen LogP contribution >= 0.6 is 15.9 Å². The van der Waals surface area contributed by atoms with Crippen LogP contribution in [0.3, 0.4) is 0 Å². The van der Waals surface area contributed by atoms with Crippen LogP contribution in [0.5, 0.6) is 11.5 Å². The summed E-state index contributed by atoms with van der Waals surface area (Å²) in [5.41, 5.74) is 1.57. The van der Waals surface area contributed by atoms with E-state index < -0.39 is 5.97 Å². The molecule has 0 bridgehead atoms. The van der Waals surface area contributed by atoms with Gasteiger partial charge in [-0.1, -0.05) is 15.9 Å². The first-order valence-corrected chi connectivity index (χ1v) is 5.38. The van der Waals surface area contributed by atoms with E-state index in [1.165, 1.54) is 14.2 Å². The molecule has 0 amide bonds. The maximum absolute atomic E-state index is 11.2. The Balaban J connectivity index is 3.72. The maximum Gasteiger partial charge on any atom is 0.339 e. The van der Waals surface area contributed by atoms with Crippen molar-refractivity contribution in [3.05, 3.63) is 21.2 Å². The molecule has 0 radical (unpaired) electrons. The summed E-state index contributed by atoms with van der Waals surface area (Å²) in [4.78, 5) is 11.2. The number of halogens is 1. The summed E-state index contributed by atoms with van der Waals surface area (Å²) in [5.74, 6) is -0.334. The second kappa shape index (κ2) is 4.74. The molecule has 1 aromatic rings. The van der Waals surface area contributed by atoms with Gasteiger partial charge in [0.05, 0.1) is 14.2 Å². The summed E-state index contributed by atoms with van der Waals surface area (Å²) in [6, 6.07) is 0. The molecule has 5 heteroatoms. The van der Waals surface area contributed by atoms with Crippen molar-refractivity contribution >= 4 is 21.9 Å². The normalized spacial score (nSPS) is 10.1. The number of hydrogen-bond acceptors (Lipinski definition) is 3. The smallest absolute Gasteiger partial charge is 0.339 e. The van der Waals surface area contributed by atoms with Crippen LogP contribution in [0.1, 0.15) is 21.5 Å². The number of carboxylic acids is 1. The summed E-state index contributed by atoms with van der Waals surface area (Å²) < 4.78 is 11.0. The largest absolute Gasteiger partial charge is 0.493 e. The lowest BCUT2D eigenvalue weighted by atomic mass is 10.0. The fourth-order valence-corrected chi connectivity index (χ4v) is 2.02. The van der Waals surface area contributed by atoms with Gasteiger partial charge in [-0.05, 0) is 19.4 Å². The summed E-state index contributed by atoms with van der Waals surface area (Å²) in [6.45, 7) is 3.56. The molecule has 0 saturated heterocycles. The highest BCUT2D eigenvalue weighted by Gasteiger charge is 2.24. The molecule has 1 rings (SSSR count). The van der Waals surface area contributed by atoms with E-state index in [-0.39, 0.29) is 11.3 Å². The van der Waals surface area contributed by atoms with Crippen LogP contribution in [0.25, 0.3) is 0 Å². The van der Waals surface area contributed by atoms with Gasteiger partial charge in [0.25, 0.3) is 0 Å². The van der Waals surface area contributed by atoms with E-state index in [1.54, 1.807) is 6.92 Å². The molecule has 0 unspecified atom stereocenters. The Hall–Kier alpha value is -1.23. The van der Waals surface area contributed by atoms with E-state index in [0.717, 1.165) is 10.0 Å². The molecule has 0 aliphatic heterocycles. The summed E-state index contributed by atoms with van der Waals surface area (Å²) in [7, 11) is 2.91. The minimum Gasteiger partial charge on any atom is -0.493 e. The van der Waals surface area contributed by atoms with E-state index in [9.17, 15) is 4.79 Å². The minimum atomic E-state index is -1.03. The first kappa shape index (κ1) is 12.8. The molecular formula is C11H13BrO4. The van der Waals surface area contributed by atoms with E-state index in [1.807, 2.05) is 6.92 Å². The summed E-state index contributed by atoms with van der Waals surface area (Å²) in [6.07, 6.45) is 0. The van der Waals surface area contributed by atoms with Crippen LogP contribution in [0, 0.1) is 13.8 Å². The zero-order valence-electron chi connectivity index (χ0n) is 9.55. The van der Waals surface area contributed by atoms with E-state index in [2.05, 4.69) is 15.9 Å². The molecular weight excluding hydrogens is 276 g/mol. The monoisotopic (exact) mass is 288 g/mol. The summed E-state index contributed by atoms with van der Waals surface area (Å²) >= 11 is 3.35. The quantitative estimate of drug-likeness (QED) is 0.929. The lowest BCUT2D eigenvalue weighted by Gasteiger charge is -2.17. The van der Waals surface area contributed by atoms with Crippen molar-refractivity contribution in [3.63, 3.8) is 0 Å². The molecule has 1 aromatic carbocycles. The lowest BCUT2D eigenvalue weighted by Crippen LogP contribution is -2.07. The van der Waals surface area contributed by atoms with Gasteiger partial charge in [0.1, 0.15) is 5.56 Å². The minimum absolute atomic E-state index is 0.122. The number of methoxy groups -OCH3 is 2. The van der Waals surface area contributed by atoms with E-state index in [0.29, 0.717) is 11.3 Å². The Labute approximate surface area is 102 Å². The van der Waals surface area contributed by atoms with Gasteiger partial charge in [0.2, 0.25) is 0 Å². The third-order valence-corrected chi connectivity index (χ3v) is 3.62. The van der Waals surface area contributed by atoms with Gasteiger partial charge in [0, 0.05) is 10.0 Å². The van der Waals surface area contributed by atoms with Crippen molar-refractivity contribution in [2.45, 2.75) is 13.8 Å². The zero-order valence-corrected chi connectivity index (χ0v) is 11.1. The van der Waals surface area contributed by atoms with Crippen LogP contribution in [-0.2, 0) is 0 Å². The Bertz CT molecular complexity index is 440. The molecule has 0 fully saturated rings. The third kappa shape index (κ3) is 1.87. The average molecular weight is 289 g/mol. The van der Waals surface area contributed by atoms with Crippen LogP contribution in [0.15, 0.2) is 4.47 Å². The second-order valence-electron chi connectivity index (χ2n) is 3.31. The molecule has 1 N–H and O–H groups in total. The molecule has 0 aromatic heterocycles. The Morgan fingerprint density at radius 2 is 1.62 bits per heavy atom. The topological polar surface area (TPSA) is 55.8 Å². The first-order valence-electron chi connectivity index (χ1n) is 4.59. The number of benzene rings is 1. The third-order valence-electron chi connectivity index (χ3n) is 2.43. The molecule has 16 heavy (non-hydrogen) atoms. The molecule has 0 spiro atoms. The molecule has 0 saturated carbocycles. The number of ether oxygens (including phenoxy) is 2. The number of aromatic carboxylic acids is 1. The SMILES string of the molecule is COc1c(C)c(Br)c(C)c(C(=O)O)c1OC. The molecule has 0 atom stereocenters. The zero-order chi connectivity index (χ0) is 12.5. The van der Waals surface area contributed by atoms with Gasteiger partial charge < -0.3 is 14.6 Å². The van der Waals surface area contributed by atoms with Crippen LogP contribution in [0.2, 0.25) is 0 Å². The van der Waals surface area contributed by atoms with Crippen LogP contribution in [-0.4, -0.2) is 25.3 Å². The number of rotatable bonds is 3. The van der Waals surface area contributed by atoms with Crippen molar-refractivity contribution in [2.75, 3.05) is 14.2 Å². The maximum atomic E-state index is 11.2. The molecule has 88 valence electrons. The highest BCUT2D eigenvalue weighted by atomic mass is 79.9. The van der Waals surface area contributed by atoms with Crippen LogP contribution < -0.4 is 9.47 Å². The number of carbonyl (C=O) groups is 1. The fraction of sp³-hybridized carbons (Fsp3) is 0.364. The van der Waals surface area contributed by atoms with Crippen molar-refractivity contribution < 1.29 is 19.4 Å². The molecule has 0 aliphatic rings. The van der Waals surface area contributed by atoms with Crippen molar-refractivity contribution in [1.29, 1.82) is 0 Å². The lowest BCUT2D eigenvalue weighted by molar-refractivity contribution is 0.0691. The fourth-order valence-electron chi connectivity index (χ4n) is 1.64. The van der Waals surface area contributed by atoms with Gasteiger partial charge in [-0.2, -0.15) is 0 Å². The second-order valence-corrected chi connectivity index (χ2v) is 4.10. The Morgan fingerprint density at radius 3 is 2.00 bits per heavy atom. The van der Waals surface area contributed by atoms with Gasteiger partial charge in [0.15, 0.2) is 11.5 Å². The predicted molar refractivity (Wildman–Crippen MR) is 63.7 cm³/mol. The molecule has 4 nitrogen and oxygen atoms in total. The van der Waals surface area contributed by atoms with Crippen molar-refractivity contribution in [3.8, 4) is 11.5 Å². The van der Waals surface area contributed by atoms with Gasteiger partial charge in [-0.25, -0.2) is 4.79 Å². The van der Waals surface area contributed by atoms with Crippen molar-refractivity contribution in [1.82, 2.24) is 0 Å². The van der Waals surface area contributed by atoms with E-state index in [4.69, 9.17) is 14.6 Å². The highest BCUT2D eigenvalue weighted by molar-refractivity contribution is 9.10. The number of hydrogen-bond donors (Lipinski definition) is 1. The highest BCUT2D eigenvalue weighted by Crippen LogP contribution is 2.41. The average Bonchev–Trinajstić information content (AvgIpc) is 2.24.